The number of pyridine rings is 1. The number of nitrogens with zero attached hydrogens (tertiary/aromatic N) is 3. The molecule has 28 heavy (non-hydrogen) atoms. The molecule has 6 nitrogen and oxygen atoms in total. The van der Waals surface area contributed by atoms with Crippen molar-refractivity contribution < 1.29 is 26.0 Å². The Morgan fingerprint density at radius 3 is 2.32 bits per heavy atom. The minimum atomic E-state index is -4.57. The van der Waals surface area contributed by atoms with E-state index in [0.29, 0.717) is 11.1 Å². The zero-order valence-corrected chi connectivity index (χ0v) is 14.8. The summed E-state index contributed by atoms with van der Waals surface area (Å²) in [6.07, 6.45) is 0.384. The molecule has 2 aromatic heterocycles. The second kappa shape index (κ2) is 7.50. The van der Waals surface area contributed by atoms with Crippen LogP contribution in [0, 0.1) is 5.82 Å². The third kappa shape index (κ3) is 5.00. The average Bonchev–Trinajstić information content (AvgIpc) is 2.61. The highest BCUT2D eigenvalue weighted by Crippen LogP contribution is 2.30. The zero-order chi connectivity index (χ0) is 20.4. The molecule has 0 aliphatic heterocycles. The maximum absolute atomic E-state index is 13.2. The van der Waals surface area contributed by atoms with Crippen molar-refractivity contribution >= 4 is 16.0 Å². The molecule has 0 radical (unpaired) electrons. The lowest BCUT2D eigenvalue weighted by atomic mass is 10.1. The number of halogens is 4. The molecule has 3 rings (SSSR count). The topological polar surface area (TPSA) is 84.8 Å². The van der Waals surface area contributed by atoms with Crippen molar-refractivity contribution in [3.8, 4) is 11.1 Å². The van der Waals surface area contributed by atoms with Gasteiger partial charge in [-0.05, 0) is 17.7 Å². The van der Waals surface area contributed by atoms with Gasteiger partial charge in [0.2, 0.25) is 16.0 Å². The molecule has 0 saturated carbocycles. The second-order valence-corrected chi connectivity index (χ2v) is 7.47. The third-order valence-corrected chi connectivity index (χ3v) is 4.75. The van der Waals surface area contributed by atoms with E-state index in [1.165, 1.54) is 30.7 Å². The molecule has 0 amide bonds. The van der Waals surface area contributed by atoms with E-state index < -0.39 is 33.3 Å². The van der Waals surface area contributed by atoms with Gasteiger partial charge in [0.25, 0.3) is 0 Å². The van der Waals surface area contributed by atoms with Crippen LogP contribution in [0.2, 0.25) is 0 Å². The first kappa shape index (κ1) is 19.7. The zero-order valence-electron chi connectivity index (χ0n) is 14.0. The molecule has 0 unspecified atom stereocenters. The Hall–Kier alpha value is -3.08. The largest absolute Gasteiger partial charge is 0.416 e. The van der Waals surface area contributed by atoms with Crippen molar-refractivity contribution in [2.45, 2.75) is 11.9 Å². The molecule has 3 aromatic rings. The molecule has 0 aliphatic rings. The van der Waals surface area contributed by atoms with Crippen LogP contribution in [0.25, 0.3) is 11.1 Å². The van der Waals surface area contributed by atoms with Gasteiger partial charge in [0.15, 0.2) is 0 Å². The van der Waals surface area contributed by atoms with Crippen molar-refractivity contribution in [1.29, 1.82) is 0 Å². The highest BCUT2D eigenvalue weighted by atomic mass is 32.2. The third-order valence-electron chi connectivity index (χ3n) is 3.55. The van der Waals surface area contributed by atoms with Crippen LogP contribution in [-0.4, -0.2) is 23.4 Å². The SMILES string of the molecule is O=S(=O)(Cc1cccc(C(F)(F)F)c1)Nc1ncc(-c2cncc(F)c2)cn1. The summed E-state index contributed by atoms with van der Waals surface area (Å²) in [5.41, 5.74) is -0.166. The summed E-state index contributed by atoms with van der Waals surface area (Å²) in [6, 6.07) is 5.23. The quantitative estimate of drug-likeness (QED) is 0.647. The summed E-state index contributed by atoms with van der Waals surface area (Å²) < 4.78 is 77.9. The predicted octanol–water partition coefficient (Wildman–Crippen LogP) is 3.64. The molecule has 1 N–H and O–H groups in total. The van der Waals surface area contributed by atoms with E-state index in [0.717, 1.165) is 24.4 Å². The Morgan fingerprint density at radius 1 is 0.964 bits per heavy atom. The molecule has 0 aliphatic carbocycles. The fourth-order valence-electron chi connectivity index (χ4n) is 2.33. The summed E-state index contributed by atoms with van der Waals surface area (Å²) in [4.78, 5) is 11.4. The number of aromatic nitrogens is 3. The number of benzene rings is 1. The van der Waals surface area contributed by atoms with Gasteiger partial charge in [-0.2, -0.15) is 13.2 Å². The molecule has 0 atom stereocenters. The van der Waals surface area contributed by atoms with E-state index in [9.17, 15) is 26.0 Å². The van der Waals surface area contributed by atoms with Crippen molar-refractivity contribution in [1.82, 2.24) is 15.0 Å². The van der Waals surface area contributed by atoms with E-state index in [-0.39, 0.29) is 11.5 Å². The van der Waals surface area contributed by atoms with Crippen molar-refractivity contribution in [2.24, 2.45) is 0 Å². The molecule has 146 valence electrons. The van der Waals surface area contributed by atoms with Crippen LogP contribution >= 0.6 is 0 Å². The highest BCUT2D eigenvalue weighted by Gasteiger charge is 2.30. The maximum Gasteiger partial charge on any atom is 0.416 e. The first-order valence-corrected chi connectivity index (χ1v) is 9.37. The van der Waals surface area contributed by atoms with Gasteiger partial charge in [0, 0.05) is 29.7 Å². The lowest BCUT2D eigenvalue weighted by Gasteiger charge is -2.10. The van der Waals surface area contributed by atoms with Crippen molar-refractivity contribution in [3.05, 3.63) is 72.1 Å². The Bertz CT molecular complexity index is 1090. The minimum Gasteiger partial charge on any atom is -0.261 e. The molecular weight excluding hydrogens is 400 g/mol. The van der Waals surface area contributed by atoms with Crippen LogP contribution in [0.1, 0.15) is 11.1 Å². The summed E-state index contributed by atoms with van der Waals surface area (Å²) in [6.45, 7) is 0. The average molecular weight is 412 g/mol. The standard InChI is InChI=1S/C17H12F4N4O2S/c18-15-5-12(6-22-9-15)13-7-23-16(24-8-13)25-28(26,27)10-11-2-1-3-14(4-11)17(19,20)21/h1-9H,10H2,(H,23,24,25). The smallest absolute Gasteiger partial charge is 0.261 e. The number of rotatable bonds is 5. The molecule has 11 heteroatoms. The monoisotopic (exact) mass is 412 g/mol. The summed E-state index contributed by atoms with van der Waals surface area (Å²) in [5, 5.41) is 0. The van der Waals surface area contributed by atoms with Crippen LogP contribution in [0.15, 0.2) is 55.1 Å². The number of hydrogen-bond donors (Lipinski definition) is 1. The van der Waals surface area contributed by atoms with Crippen molar-refractivity contribution in [3.63, 3.8) is 0 Å². The fourth-order valence-corrected chi connectivity index (χ4v) is 3.41. The number of hydrogen-bond acceptors (Lipinski definition) is 5. The number of nitrogens with one attached hydrogen (secondary N) is 1. The predicted molar refractivity (Wildman–Crippen MR) is 92.9 cm³/mol. The lowest BCUT2D eigenvalue weighted by Crippen LogP contribution is -2.17. The second-order valence-electron chi connectivity index (χ2n) is 5.75. The van der Waals surface area contributed by atoms with E-state index in [2.05, 4.69) is 19.7 Å². The van der Waals surface area contributed by atoms with E-state index in [1.807, 2.05) is 0 Å². The highest BCUT2D eigenvalue weighted by molar-refractivity contribution is 7.91. The van der Waals surface area contributed by atoms with E-state index in [4.69, 9.17) is 0 Å². The Morgan fingerprint density at radius 2 is 1.68 bits per heavy atom. The molecule has 0 saturated heterocycles. The number of anilines is 1. The molecule has 0 fully saturated rings. The first-order valence-electron chi connectivity index (χ1n) is 7.72. The molecule has 0 bridgehead atoms. The van der Waals surface area contributed by atoms with Gasteiger partial charge < -0.3 is 0 Å². The van der Waals surface area contributed by atoms with Crippen LogP contribution in [0.3, 0.4) is 0 Å². The minimum absolute atomic E-state index is 0.0372. The summed E-state index contributed by atoms with van der Waals surface area (Å²) in [7, 11) is -4.05. The molecule has 2 heterocycles. The molecular formula is C17H12F4N4O2S. The van der Waals surface area contributed by atoms with Crippen LogP contribution in [-0.2, 0) is 22.0 Å². The Kier molecular flexibility index (Phi) is 5.27. The summed E-state index contributed by atoms with van der Waals surface area (Å²) in [5.74, 6) is -1.50. The van der Waals surface area contributed by atoms with Gasteiger partial charge >= 0.3 is 6.18 Å². The van der Waals surface area contributed by atoms with Gasteiger partial charge in [-0.1, -0.05) is 18.2 Å². The first-order chi connectivity index (χ1) is 13.1. The van der Waals surface area contributed by atoms with Gasteiger partial charge in [-0.3, -0.25) is 9.71 Å². The summed E-state index contributed by atoms with van der Waals surface area (Å²) >= 11 is 0. The fraction of sp³-hybridized carbons (Fsp3) is 0.118. The number of alkyl halides is 3. The van der Waals surface area contributed by atoms with Gasteiger partial charge in [0.1, 0.15) is 5.82 Å². The lowest BCUT2D eigenvalue weighted by molar-refractivity contribution is -0.137. The van der Waals surface area contributed by atoms with Crippen LogP contribution in [0.5, 0.6) is 0 Å². The maximum atomic E-state index is 13.2. The van der Waals surface area contributed by atoms with Gasteiger partial charge in [0.05, 0.1) is 17.5 Å². The molecule has 1 aromatic carbocycles. The van der Waals surface area contributed by atoms with E-state index in [1.54, 1.807) is 0 Å². The Balaban J connectivity index is 1.74. The van der Waals surface area contributed by atoms with Crippen molar-refractivity contribution in [2.75, 3.05) is 4.72 Å². The number of sulfonamides is 1. The normalized spacial score (nSPS) is 12.0. The Labute approximate surface area is 157 Å². The van der Waals surface area contributed by atoms with Crippen LogP contribution in [0.4, 0.5) is 23.5 Å². The van der Waals surface area contributed by atoms with E-state index >= 15 is 0 Å². The van der Waals surface area contributed by atoms with Gasteiger partial charge in [-0.25, -0.2) is 22.8 Å². The molecule has 0 spiro atoms. The van der Waals surface area contributed by atoms with Gasteiger partial charge in [-0.15, -0.1) is 0 Å². The van der Waals surface area contributed by atoms with Crippen LogP contribution < -0.4 is 4.72 Å².